The zero-order valence-corrected chi connectivity index (χ0v) is 17.6. The number of benzene rings is 1. The number of nitrogens with one attached hydrogen (secondary N) is 1. The molecule has 2 fully saturated rings. The van der Waals surface area contributed by atoms with Gasteiger partial charge in [0.2, 0.25) is 5.91 Å². The van der Waals surface area contributed by atoms with E-state index in [1.807, 2.05) is 35.0 Å². The summed E-state index contributed by atoms with van der Waals surface area (Å²) >= 11 is 0. The lowest BCUT2D eigenvalue weighted by atomic mass is 9.89. The highest BCUT2D eigenvalue weighted by atomic mass is 19.4. The smallest absolute Gasteiger partial charge is 0.475 e. The Morgan fingerprint density at radius 3 is 2.34 bits per heavy atom. The number of alkyl halides is 3. The Morgan fingerprint density at radius 1 is 1.16 bits per heavy atom. The first-order valence-electron chi connectivity index (χ1n) is 9.80. The van der Waals surface area contributed by atoms with Crippen LogP contribution in [0.25, 0.3) is 0 Å². The molecule has 3 heterocycles. The molecule has 12 heteroatoms. The molecule has 1 spiro atoms. The van der Waals surface area contributed by atoms with Crippen LogP contribution in [-0.2, 0) is 32.3 Å². The maximum atomic E-state index is 12.7. The van der Waals surface area contributed by atoms with E-state index in [1.165, 1.54) is 0 Å². The van der Waals surface area contributed by atoms with Crippen LogP contribution in [-0.4, -0.2) is 90.8 Å². The lowest BCUT2D eigenvalue weighted by Gasteiger charge is -2.54. The zero-order valence-electron chi connectivity index (χ0n) is 17.6. The fourth-order valence-corrected chi connectivity index (χ4v) is 3.91. The lowest BCUT2D eigenvalue weighted by molar-refractivity contribution is -0.192. The molecule has 4 rings (SSSR count). The number of carboxylic acids is 1. The van der Waals surface area contributed by atoms with Crippen LogP contribution in [0.2, 0.25) is 0 Å². The van der Waals surface area contributed by atoms with Crippen LogP contribution >= 0.6 is 0 Å². The summed E-state index contributed by atoms with van der Waals surface area (Å²) in [5.41, 5.74) is 2.61. The number of nitrogens with zero attached hydrogens (tertiary/aromatic N) is 2. The molecule has 3 aliphatic rings. The second-order valence-electron chi connectivity index (χ2n) is 7.98. The van der Waals surface area contributed by atoms with E-state index < -0.39 is 12.1 Å². The van der Waals surface area contributed by atoms with Crippen molar-refractivity contribution in [1.29, 1.82) is 0 Å². The van der Waals surface area contributed by atoms with Crippen molar-refractivity contribution in [2.75, 3.05) is 40.3 Å². The molecule has 0 saturated carbocycles. The van der Waals surface area contributed by atoms with Gasteiger partial charge in [0.25, 0.3) is 5.91 Å². The standard InChI is InChI=1S/C18H23N3O4.C2HF3O2/c1-19-16(22)15-8-25-18(9-20(15)2)10-21(11-18)17(23)12-3-4-13-6-24-7-14(13)5-12;3-2(4,5)1(6)7/h3-5,15H,6-11H2,1-2H3,(H,19,22);(H,6,7). The lowest BCUT2D eigenvalue weighted by Crippen LogP contribution is -2.73. The molecule has 2 amide bonds. The van der Waals surface area contributed by atoms with E-state index in [-0.39, 0.29) is 23.5 Å². The van der Waals surface area contributed by atoms with Crippen LogP contribution in [0.15, 0.2) is 18.2 Å². The number of carboxylic acid groups (broad SMARTS) is 1. The van der Waals surface area contributed by atoms with Crippen LogP contribution < -0.4 is 5.32 Å². The summed E-state index contributed by atoms with van der Waals surface area (Å²) in [6.07, 6.45) is -5.08. The normalized spacial score (nSPS) is 21.8. The van der Waals surface area contributed by atoms with Gasteiger partial charge >= 0.3 is 12.1 Å². The number of ether oxygens (including phenoxy) is 2. The first-order valence-corrected chi connectivity index (χ1v) is 9.80. The SMILES string of the molecule is CNC(=O)C1COC2(CN(C(=O)c3ccc4c(c3)COC4)C2)CN1C.O=C(O)C(F)(F)F. The molecular weight excluding hydrogens is 435 g/mol. The van der Waals surface area contributed by atoms with Gasteiger partial charge in [0.05, 0.1) is 32.9 Å². The first-order chi connectivity index (χ1) is 15.0. The monoisotopic (exact) mass is 459 g/mol. The summed E-state index contributed by atoms with van der Waals surface area (Å²) in [5, 5.41) is 9.79. The van der Waals surface area contributed by atoms with Gasteiger partial charge in [0.15, 0.2) is 0 Å². The van der Waals surface area contributed by atoms with E-state index in [2.05, 4.69) is 5.32 Å². The number of likely N-dealkylation sites (tertiary alicyclic amines) is 1. The second-order valence-corrected chi connectivity index (χ2v) is 7.98. The highest BCUT2D eigenvalue weighted by Gasteiger charge is 2.51. The van der Waals surface area contributed by atoms with E-state index in [9.17, 15) is 22.8 Å². The molecule has 0 aromatic heterocycles. The van der Waals surface area contributed by atoms with Gasteiger partial charge in [-0.2, -0.15) is 13.2 Å². The maximum Gasteiger partial charge on any atom is 0.490 e. The number of likely N-dealkylation sites (N-methyl/N-ethyl adjacent to an activating group) is 2. The van der Waals surface area contributed by atoms with Crippen LogP contribution in [0.1, 0.15) is 21.5 Å². The number of rotatable bonds is 2. The second kappa shape index (κ2) is 9.04. The molecule has 0 radical (unpaired) electrons. The van der Waals surface area contributed by atoms with Gasteiger partial charge in [-0.3, -0.25) is 14.5 Å². The molecule has 0 aliphatic carbocycles. The number of carbonyl (C=O) groups excluding carboxylic acids is 2. The summed E-state index contributed by atoms with van der Waals surface area (Å²) in [6.45, 7) is 3.33. The van der Waals surface area contributed by atoms with Gasteiger partial charge in [-0.25, -0.2) is 4.79 Å². The van der Waals surface area contributed by atoms with Crippen LogP contribution in [0.4, 0.5) is 13.2 Å². The Balaban J connectivity index is 0.000000360. The average Bonchev–Trinajstić information content (AvgIpc) is 3.18. The van der Waals surface area contributed by atoms with Crippen molar-refractivity contribution in [2.24, 2.45) is 0 Å². The van der Waals surface area contributed by atoms with Crippen molar-refractivity contribution in [3.8, 4) is 0 Å². The highest BCUT2D eigenvalue weighted by Crippen LogP contribution is 2.32. The largest absolute Gasteiger partial charge is 0.490 e. The van der Waals surface area contributed by atoms with Gasteiger partial charge in [-0.1, -0.05) is 6.07 Å². The minimum atomic E-state index is -5.08. The number of halogens is 3. The molecule has 9 nitrogen and oxygen atoms in total. The van der Waals surface area contributed by atoms with Crippen molar-refractivity contribution in [3.63, 3.8) is 0 Å². The number of fused-ring (bicyclic) bond motifs is 1. The minimum Gasteiger partial charge on any atom is -0.475 e. The number of carbonyl (C=O) groups is 3. The molecule has 2 saturated heterocycles. The van der Waals surface area contributed by atoms with Crippen molar-refractivity contribution < 1.29 is 42.1 Å². The fraction of sp³-hybridized carbons (Fsp3) is 0.550. The molecule has 0 bridgehead atoms. The molecule has 1 unspecified atom stereocenters. The number of aliphatic carboxylic acids is 1. The maximum absolute atomic E-state index is 12.7. The summed E-state index contributed by atoms with van der Waals surface area (Å²) in [6, 6.07) is 5.52. The van der Waals surface area contributed by atoms with Gasteiger partial charge in [0, 0.05) is 19.2 Å². The number of hydrogen-bond acceptors (Lipinski definition) is 6. The zero-order chi connectivity index (χ0) is 23.7. The predicted octanol–water partition coefficient (Wildman–Crippen LogP) is 0.621. The van der Waals surface area contributed by atoms with E-state index in [0.29, 0.717) is 45.0 Å². The third-order valence-electron chi connectivity index (χ3n) is 5.62. The Bertz CT molecular complexity index is 901. The molecule has 1 aromatic carbocycles. The van der Waals surface area contributed by atoms with Gasteiger partial charge in [-0.05, 0) is 30.3 Å². The summed E-state index contributed by atoms with van der Waals surface area (Å²) < 4.78 is 43.1. The van der Waals surface area contributed by atoms with E-state index in [0.717, 1.165) is 11.1 Å². The summed E-state index contributed by atoms with van der Waals surface area (Å²) in [4.78, 5) is 37.3. The molecule has 1 aromatic rings. The third-order valence-corrected chi connectivity index (χ3v) is 5.62. The highest BCUT2D eigenvalue weighted by molar-refractivity contribution is 5.95. The molecule has 1 atom stereocenters. The van der Waals surface area contributed by atoms with Crippen molar-refractivity contribution in [1.82, 2.24) is 15.1 Å². The summed E-state index contributed by atoms with van der Waals surface area (Å²) in [7, 11) is 3.56. The third kappa shape index (κ3) is 5.03. The van der Waals surface area contributed by atoms with E-state index >= 15 is 0 Å². The topological polar surface area (TPSA) is 108 Å². The van der Waals surface area contributed by atoms with Gasteiger partial charge < -0.3 is 24.8 Å². The van der Waals surface area contributed by atoms with Crippen molar-refractivity contribution in [2.45, 2.75) is 31.0 Å². The minimum absolute atomic E-state index is 0.0278. The Labute approximate surface area is 182 Å². The van der Waals surface area contributed by atoms with Gasteiger partial charge in [0.1, 0.15) is 11.6 Å². The van der Waals surface area contributed by atoms with Crippen molar-refractivity contribution >= 4 is 17.8 Å². The fourth-order valence-electron chi connectivity index (χ4n) is 3.91. The van der Waals surface area contributed by atoms with E-state index in [4.69, 9.17) is 19.4 Å². The number of morpholine rings is 1. The van der Waals surface area contributed by atoms with Gasteiger partial charge in [-0.15, -0.1) is 0 Å². The average molecular weight is 459 g/mol. The van der Waals surface area contributed by atoms with E-state index in [1.54, 1.807) is 7.05 Å². The number of hydrogen-bond donors (Lipinski definition) is 2. The number of amides is 2. The van der Waals surface area contributed by atoms with Crippen LogP contribution in [0.5, 0.6) is 0 Å². The Morgan fingerprint density at radius 2 is 1.78 bits per heavy atom. The quantitative estimate of drug-likeness (QED) is 0.668. The van der Waals surface area contributed by atoms with Crippen molar-refractivity contribution in [3.05, 3.63) is 34.9 Å². The van der Waals surface area contributed by atoms with Crippen LogP contribution in [0, 0.1) is 0 Å². The molecule has 32 heavy (non-hydrogen) atoms. The van der Waals surface area contributed by atoms with Crippen LogP contribution in [0.3, 0.4) is 0 Å². The Hall–Kier alpha value is -2.70. The molecule has 3 aliphatic heterocycles. The predicted molar refractivity (Wildman–Crippen MR) is 104 cm³/mol. The first kappa shape index (κ1) is 24.0. The molecule has 2 N–H and O–H groups in total. The molecular formula is C20H24F3N3O6. The Kier molecular flexibility index (Phi) is 6.77. The summed E-state index contributed by atoms with van der Waals surface area (Å²) in [5.74, 6) is -2.77. The molecule has 176 valence electrons.